The van der Waals surface area contributed by atoms with E-state index in [1.54, 1.807) is 31.2 Å². The molecular weight excluding hydrogens is 326 g/mol. The van der Waals surface area contributed by atoms with Crippen LogP contribution in [0.5, 0.6) is 0 Å². The molecule has 0 aromatic heterocycles. The van der Waals surface area contributed by atoms with E-state index in [4.69, 9.17) is 16.3 Å². The molecule has 0 saturated heterocycles. The van der Waals surface area contributed by atoms with Crippen LogP contribution in [-0.2, 0) is 14.3 Å². The minimum absolute atomic E-state index is 0.175. The number of hydrogen-bond donors (Lipinski definition) is 1. The Labute approximate surface area is 148 Å². The summed E-state index contributed by atoms with van der Waals surface area (Å²) < 4.78 is 5.17. The first-order chi connectivity index (χ1) is 11.5. The lowest BCUT2D eigenvalue weighted by atomic mass is 9.86. The first-order valence-corrected chi connectivity index (χ1v) is 8.78. The lowest BCUT2D eigenvalue weighted by Crippen LogP contribution is -2.45. The molecule has 1 aliphatic rings. The largest absolute Gasteiger partial charge is 0.449 e. The summed E-state index contributed by atoms with van der Waals surface area (Å²) in [6.07, 6.45) is 6.57. The molecular formula is C19H24ClNO3. The minimum Gasteiger partial charge on any atom is -0.449 e. The second-order valence-corrected chi connectivity index (χ2v) is 6.78. The van der Waals surface area contributed by atoms with Gasteiger partial charge >= 0.3 is 5.97 Å². The third-order valence-corrected chi connectivity index (χ3v) is 4.60. The quantitative estimate of drug-likeness (QED) is 0.646. The fourth-order valence-corrected chi connectivity index (χ4v) is 3.07. The molecule has 1 aromatic carbocycles. The van der Waals surface area contributed by atoms with E-state index in [2.05, 4.69) is 12.2 Å². The Hall–Kier alpha value is -1.81. The molecule has 1 N–H and O–H groups in total. The van der Waals surface area contributed by atoms with Crippen LogP contribution in [0.1, 0.15) is 45.1 Å². The van der Waals surface area contributed by atoms with E-state index in [1.165, 1.54) is 12.5 Å². The number of ether oxygens (including phenoxy) is 1. The highest BCUT2D eigenvalue weighted by Crippen LogP contribution is 2.23. The second-order valence-electron chi connectivity index (χ2n) is 6.34. The molecule has 0 heterocycles. The Morgan fingerprint density at radius 2 is 2.08 bits per heavy atom. The van der Waals surface area contributed by atoms with Gasteiger partial charge in [0.2, 0.25) is 0 Å². The molecule has 130 valence electrons. The summed E-state index contributed by atoms with van der Waals surface area (Å²) in [5.74, 6) is -0.319. The van der Waals surface area contributed by atoms with Crippen molar-refractivity contribution in [2.24, 2.45) is 5.92 Å². The van der Waals surface area contributed by atoms with Crippen LogP contribution >= 0.6 is 11.6 Å². The maximum Gasteiger partial charge on any atom is 0.331 e. The summed E-state index contributed by atoms with van der Waals surface area (Å²) in [6, 6.07) is 7.31. The zero-order valence-electron chi connectivity index (χ0n) is 14.1. The summed E-state index contributed by atoms with van der Waals surface area (Å²) >= 11 is 5.89. The average molecular weight is 350 g/mol. The smallest absolute Gasteiger partial charge is 0.331 e. The number of halogens is 1. The van der Waals surface area contributed by atoms with E-state index in [9.17, 15) is 9.59 Å². The van der Waals surface area contributed by atoms with Crippen LogP contribution in [0.15, 0.2) is 30.3 Å². The number of esters is 1. The molecule has 24 heavy (non-hydrogen) atoms. The van der Waals surface area contributed by atoms with Gasteiger partial charge in [0, 0.05) is 17.1 Å². The molecule has 2 rings (SSSR count). The van der Waals surface area contributed by atoms with Gasteiger partial charge in [-0.1, -0.05) is 43.5 Å². The molecule has 4 nitrogen and oxygen atoms in total. The molecule has 5 heteroatoms. The van der Waals surface area contributed by atoms with Crippen molar-refractivity contribution in [1.29, 1.82) is 0 Å². The predicted molar refractivity (Wildman–Crippen MR) is 95.6 cm³/mol. The van der Waals surface area contributed by atoms with Gasteiger partial charge in [-0.25, -0.2) is 4.79 Å². The Morgan fingerprint density at radius 1 is 1.33 bits per heavy atom. The van der Waals surface area contributed by atoms with Crippen molar-refractivity contribution in [3.8, 4) is 0 Å². The topological polar surface area (TPSA) is 55.4 Å². The number of rotatable bonds is 5. The average Bonchev–Trinajstić information content (AvgIpc) is 2.55. The molecule has 1 aromatic rings. The summed E-state index contributed by atoms with van der Waals surface area (Å²) in [4.78, 5) is 24.0. The fraction of sp³-hybridized carbons (Fsp3) is 0.474. The molecule has 1 amide bonds. The predicted octanol–water partition coefficient (Wildman–Crippen LogP) is 3.98. The lowest BCUT2D eigenvalue weighted by Gasteiger charge is -2.30. The van der Waals surface area contributed by atoms with Gasteiger partial charge in [-0.2, -0.15) is 0 Å². The van der Waals surface area contributed by atoms with Crippen LogP contribution in [0.25, 0.3) is 6.08 Å². The fourth-order valence-electron chi connectivity index (χ4n) is 2.87. The number of nitrogens with one attached hydrogen (secondary N) is 1. The van der Waals surface area contributed by atoms with Crippen LogP contribution in [0.3, 0.4) is 0 Å². The third-order valence-electron chi connectivity index (χ3n) is 4.36. The Bertz CT molecular complexity index is 614. The van der Waals surface area contributed by atoms with Gasteiger partial charge in [-0.15, -0.1) is 0 Å². The van der Waals surface area contributed by atoms with E-state index >= 15 is 0 Å². The van der Waals surface area contributed by atoms with Crippen molar-refractivity contribution in [1.82, 2.24) is 5.32 Å². The molecule has 1 fully saturated rings. The molecule has 0 aliphatic heterocycles. The van der Waals surface area contributed by atoms with Crippen molar-refractivity contribution >= 4 is 29.6 Å². The number of hydrogen-bond acceptors (Lipinski definition) is 3. The van der Waals surface area contributed by atoms with Crippen LogP contribution in [0.4, 0.5) is 0 Å². The van der Waals surface area contributed by atoms with Crippen molar-refractivity contribution in [2.45, 2.75) is 51.7 Å². The summed E-state index contributed by atoms with van der Waals surface area (Å²) in [6.45, 7) is 3.74. The maximum absolute atomic E-state index is 12.2. The molecule has 0 bridgehead atoms. The van der Waals surface area contributed by atoms with Crippen molar-refractivity contribution in [3.63, 3.8) is 0 Å². The summed E-state index contributed by atoms with van der Waals surface area (Å²) in [7, 11) is 0. The molecule has 0 radical (unpaired) electrons. The summed E-state index contributed by atoms with van der Waals surface area (Å²) in [5, 5.41) is 3.59. The van der Waals surface area contributed by atoms with Crippen molar-refractivity contribution in [2.75, 3.05) is 0 Å². The van der Waals surface area contributed by atoms with Gasteiger partial charge in [0.25, 0.3) is 5.91 Å². The number of carbonyl (C=O) groups excluding carboxylic acids is 2. The molecule has 3 atom stereocenters. The molecule has 1 saturated carbocycles. The number of carbonyl (C=O) groups is 2. The van der Waals surface area contributed by atoms with Crippen LogP contribution in [0, 0.1) is 5.92 Å². The van der Waals surface area contributed by atoms with E-state index in [1.807, 2.05) is 6.07 Å². The monoisotopic (exact) mass is 349 g/mol. The van der Waals surface area contributed by atoms with Gasteiger partial charge < -0.3 is 10.1 Å². The molecule has 0 unspecified atom stereocenters. The van der Waals surface area contributed by atoms with Crippen molar-refractivity contribution < 1.29 is 14.3 Å². The third kappa shape index (κ3) is 5.68. The van der Waals surface area contributed by atoms with Gasteiger partial charge in [0.15, 0.2) is 6.10 Å². The van der Waals surface area contributed by atoms with Crippen LogP contribution in [0.2, 0.25) is 5.02 Å². The van der Waals surface area contributed by atoms with Crippen molar-refractivity contribution in [3.05, 3.63) is 40.9 Å². The van der Waals surface area contributed by atoms with E-state index in [-0.39, 0.29) is 11.9 Å². The van der Waals surface area contributed by atoms with E-state index in [0.717, 1.165) is 24.8 Å². The Morgan fingerprint density at radius 3 is 2.79 bits per heavy atom. The summed E-state index contributed by atoms with van der Waals surface area (Å²) in [5.41, 5.74) is 0.799. The van der Waals surface area contributed by atoms with Gasteiger partial charge in [-0.3, -0.25) is 4.79 Å². The molecule has 0 spiro atoms. The zero-order valence-corrected chi connectivity index (χ0v) is 14.9. The van der Waals surface area contributed by atoms with Crippen LogP contribution in [-0.4, -0.2) is 24.0 Å². The van der Waals surface area contributed by atoms with Gasteiger partial charge in [-0.05, 0) is 49.5 Å². The van der Waals surface area contributed by atoms with E-state index in [0.29, 0.717) is 10.9 Å². The highest BCUT2D eigenvalue weighted by atomic mass is 35.5. The SMILES string of the molecule is C[C@@H](OC(=O)/C=C/c1cccc(Cl)c1)C(=O)N[C@H]1CCCC[C@@H]1C. The Kier molecular flexibility index (Phi) is 6.85. The Balaban J connectivity index is 1.83. The first kappa shape index (κ1) is 18.5. The maximum atomic E-state index is 12.2. The standard InChI is InChI=1S/C19H24ClNO3/c1-13-6-3-4-9-17(13)21-19(23)14(2)24-18(22)11-10-15-7-5-8-16(20)12-15/h5,7-8,10-14,17H,3-4,6,9H2,1-2H3,(H,21,23)/b11-10+/t13-,14+,17-/m0/s1. The number of benzene rings is 1. The highest BCUT2D eigenvalue weighted by molar-refractivity contribution is 6.30. The minimum atomic E-state index is -0.810. The van der Waals surface area contributed by atoms with Gasteiger partial charge in [0.1, 0.15) is 0 Å². The lowest BCUT2D eigenvalue weighted by molar-refractivity contribution is -0.150. The van der Waals surface area contributed by atoms with Crippen LogP contribution < -0.4 is 5.32 Å². The van der Waals surface area contributed by atoms with Gasteiger partial charge in [0.05, 0.1) is 0 Å². The normalized spacial score (nSPS) is 22.1. The zero-order chi connectivity index (χ0) is 17.5. The second kappa shape index (κ2) is 8.88. The first-order valence-electron chi connectivity index (χ1n) is 8.40. The molecule has 1 aliphatic carbocycles. The number of amides is 1. The van der Waals surface area contributed by atoms with E-state index < -0.39 is 12.1 Å². The highest BCUT2D eigenvalue weighted by Gasteiger charge is 2.25.